The number of carbonyl (C=O) groups is 2. The minimum Gasteiger partial charge on any atom is -0.405 e. The number of ether oxygens (including phenoxy) is 1. The highest BCUT2D eigenvalue weighted by Crippen LogP contribution is 2.45. The Balaban J connectivity index is 2.21. The maximum absolute atomic E-state index is 13.3. The molecule has 0 bridgehead atoms. The number of esters is 1. The molecule has 0 saturated heterocycles. The lowest BCUT2D eigenvalue weighted by Gasteiger charge is -2.34. The Kier molecular flexibility index (Phi) is 6.18. The van der Waals surface area contributed by atoms with E-state index in [9.17, 15) is 9.59 Å². The van der Waals surface area contributed by atoms with Crippen molar-refractivity contribution in [2.24, 2.45) is 10.9 Å². The van der Waals surface area contributed by atoms with Crippen molar-refractivity contribution in [3.8, 4) is 0 Å². The molecule has 0 radical (unpaired) electrons. The molecule has 1 heterocycles. The van der Waals surface area contributed by atoms with Crippen LogP contribution in [0.25, 0.3) is 0 Å². The van der Waals surface area contributed by atoms with Gasteiger partial charge in [0.15, 0.2) is 11.3 Å². The first-order valence-electron chi connectivity index (χ1n) is 9.57. The monoisotopic (exact) mass is 453 g/mol. The van der Waals surface area contributed by atoms with E-state index >= 15 is 0 Å². The van der Waals surface area contributed by atoms with Gasteiger partial charge in [0.2, 0.25) is 5.90 Å². The zero-order chi connectivity index (χ0) is 21.2. The molecular weight excluding hydrogens is 430 g/mol. The molecule has 4 nitrogen and oxygen atoms in total. The van der Waals surface area contributed by atoms with E-state index in [2.05, 4.69) is 22.5 Å². The molecule has 150 valence electrons. The maximum atomic E-state index is 13.3. The Labute approximate surface area is 179 Å². The highest BCUT2D eigenvalue weighted by atomic mass is 79.9. The normalized spacial score (nSPS) is 19.6. The van der Waals surface area contributed by atoms with Crippen molar-refractivity contribution in [2.75, 3.05) is 0 Å². The van der Waals surface area contributed by atoms with Crippen LogP contribution in [0, 0.1) is 5.92 Å². The number of nitrogens with zero attached hydrogens (tertiary/aromatic N) is 1. The Bertz CT molecular complexity index is 963. The summed E-state index contributed by atoms with van der Waals surface area (Å²) in [6.45, 7) is 9.57. The summed E-state index contributed by atoms with van der Waals surface area (Å²) in [5.74, 6) is -0.782. The number of rotatable bonds is 7. The lowest BCUT2D eigenvalue weighted by atomic mass is 9.71. The standard InChI is InChI=1S/C24H24BrNO3/c1-15(2)14-24(23(28)29-22(26-24)19-8-6-5-7-9-19)21(16(3)17(4)27)18-10-12-20(25)13-11-18/h5-13,15,21H,3,14H2,1-2,4H3/t21-,24-/m0/s1. The van der Waals surface area contributed by atoms with E-state index in [-0.39, 0.29) is 17.6 Å². The molecule has 2 aromatic rings. The van der Waals surface area contributed by atoms with Crippen LogP contribution in [0.15, 0.2) is 76.2 Å². The Hall–Kier alpha value is -2.53. The maximum Gasteiger partial charge on any atom is 0.341 e. The predicted molar refractivity (Wildman–Crippen MR) is 118 cm³/mol. The van der Waals surface area contributed by atoms with Crippen LogP contribution in [0.1, 0.15) is 44.2 Å². The molecule has 3 rings (SSSR count). The van der Waals surface area contributed by atoms with Crippen LogP contribution >= 0.6 is 15.9 Å². The zero-order valence-corrected chi connectivity index (χ0v) is 18.4. The van der Waals surface area contributed by atoms with Gasteiger partial charge in [0.05, 0.1) is 0 Å². The summed E-state index contributed by atoms with van der Waals surface area (Å²) < 4.78 is 6.58. The van der Waals surface area contributed by atoms with Crippen molar-refractivity contribution in [3.63, 3.8) is 0 Å². The summed E-state index contributed by atoms with van der Waals surface area (Å²) >= 11 is 3.44. The van der Waals surface area contributed by atoms with Crippen molar-refractivity contribution in [2.45, 2.75) is 38.6 Å². The highest BCUT2D eigenvalue weighted by Gasteiger charge is 2.54. The van der Waals surface area contributed by atoms with E-state index in [1.54, 1.807) is 0 Å². The van der Waals surface area contributed by atoms with Crippen LogP contribution < -0.4 is 0 Å². The summed E-state index contributed by atoms with van der Waals surface area (Å²) in [6, 6.07) is 16.9. The molecule has 2 atom stereocenters. The van der Waals surface area contributed by atoms with Crippen molar-refractivity contribution in [1.29, 1.82) is 0 Å². The Morgan fingerprint density at radius 2 is 1.76 bits per heavy atom. The molecular formula is C24H24BrNO3. The average Bonchev–Trinajstić information content (AvgIpc) is 3.00. The van der Waals surface area contributed by atoms with Crippen LogP contribution in [0.5, 0.6) is 0 Å². The highest BCUT2D eigenvalue weighted by molar-refractivity contribution is 9.10. The van der Waals surface area contributed by atoms with Crippen LogP contribution in [0.4, 0.5) is 0 Å². The molecule has 0 fully saturated rings. The number of benzene rings is 2. The second-order valence-electron chi connectivity index (χ2n) is 7.76. The molecule has 0 unspecified atom stereocenters. The minimum absolute atomic E-state index is 0.152. The third kappa shape index (κ3) is 4.25. The van der Waals surface area contributed by atoms with Gasteiger partial charge >= 0.3 is 5.97 Å². The summed E-state index contributed by atoms with van der Waals surface area (Å²) in [5, 5.41) is 0. The van der Waals surface area contributed by atoms with Crippen LogP contribution in [-0.4, -0.2) is 23.2 Å². The number of ketones is 1. The molecule has 5 heteroatoms. The largest absolute Gasteiger partial charge is 0.405 e. The van der Waals surface area contributed by atoms with Crippen molar-refractivity contribution in [3.05, 3.63) is 82.3 Å². The van der Waals surface area contributed by atoms with E-state index in [1.165, 1.54) is 6.92 Å². The number of hydrogen-bond acceptors (Lipinski definition) is 4. The fraction of sp³-hybridized carbons (Fsp3) is 0.292. The fourth-order valence-corrected chi connectivity index (χ4v) is 4.07. The quantitative estimate of drug-likeness (QED) is 0.412. The van der Waals surface area contributed by atoms with Gasteiger partial charge in [-0.3, -0.25) is 4.79 Å². The molecule has 0 saturated carbocycles. The lowest BCUT2D eigenvalue weighted by molar-refractivity contribution is -0.140. The van der Waals surface area contributed by atoms with Gasteiger partial charge in [-0.1, -0.05) is 66.7 Å². The van der Waals surface area contributed by atoms with Crippen molar-refractivity contribution in [1.82, 2.24) is 0 Å². The second-order valence-corrected chi connectivity index (χ2v) is 8.68. The fourth-order valence-electron chi connectivity index (χ4n) is 3.81. The molecule has 0 aromatic heterocycles. The third-order valence-corrected chi connectivity index (χ3v) is 5.59. The molecule has 0 amide bonds. The van der Waals surface area contributed by atoms with Gasteiger partial charge in [-0.25, -0.2) is 9.79 Å². The summed E-state index contributed by atoms with van der Waals surface area (Å²) in [5.41, 5.74) is 0.650. The van der Waals surface area contributed by atoms with Gasteiger partial charge in [0.1, 0.15) is 0 Å². The van der Waals surface area contributed by atoms with Crippen molar-refractivity contribution >= 4 is 33.6 Å². The molecule has 1 aliphatic rings. The average molecular weight is 454 g/mol. The van der Waals surface area contributed by atoms with Crippen LogP contribution in [0.3, 0.4) is 0 Å². The summed E-state index contributed by atoms with van der Waals surface area (Å²) in [6.07, 6.45) is 0.440. The van der Waals surface area contributed by atoms with Gasteiger partial charge in [0, 0.05) is 16.0 Å². The van der Waals surface area contributed by atoms with Crippen molar-refractivity contribution < 1.29 is 14.3 Å². The minimum atomic E-state index is -1.24. The van der Waals surface area contributed by atoms with Gasteiger partial charge in [-0.2, -0.15) is 0 Å². The Morgan fingerprint density at radius 1 is 1.14 bits per heavy atom. The smallest absolute Gasteiger partial charge is 0.341 e. The number of Topliss-reactive ketones (excluding diaryl/α,β-unsaturated/α-hetero) is 1. The molecule has 0 spiro atoms. The van der Waals surface area contributed by atoms with E-state index in [0.717, 1.165) is 15.6 Å². The number of carbonyl (C=O) groups excluding carboxylic acids is 2. The van der Waals surface area contributed by atoms with E-state index in [0.29, 0.717) is 12.0 Å². The molecule has 2 aromatic carbocycles. The Morgan fingerprint density at radius 3 is 2.31 bits per heavy atom. The number of halogens is 1. The predicted octanol–water partition coefficient (Wildman–Crippen LogP) is 5.47. The SMILES string of the molecule is C=C(C(C)=O)[C@@H](c1ccc(Br)cc1)[C@]1(CC(C)C)N=C(c2ccccc2)OC1=O. The van der Waals surface area contributed by atoms with Crippen LogP contribution in [0.2, 0.25) is 0 Å². The number of cyclic esters (lactones) is 1. The van der Waals surface area contributed by atoms with Gasteiger partial charge in [-0.15, -0.1) is 0 Å². The lowest BCUT2D eigenvalue weighted by Crippen LogP contribution is -2.43. The topological polar surface area (TPSA) is 55.7 Å². The molecule has 29 heavy (non-hydrogen) atoms. The van der Waals surface area contributed by atoms with E-state index in [4.69, 9.17) is 9.73 Å². The van der Waals surface area contributed by atoms with Crippen LogP contribution in [-0.2, 0) is 14.3 Å². The molecule has 1 aliphatic heterocycles. The number of hydrogen-bond donors (Lipinski definition) is 0. The summed E-state index contributed by atoms with van der Waals surface area (Å²) in [4.78, 5) is 30.5. The van der Waals surface area contributed by atoms with E-state index < -0.39 is 17.4 Å². The van der Waals surface area contributed by atoms with Gasteiger partial charge < -0.3 is 4.74 Å². The number of aliphatic imine (C=N–C) groups is 1. The van der Waals surface area contributed by atoms with Gasteiger partial charge in [-0.05, 0) is 54.7 Å². The third-order valence-electron chi connectivity index (χ3n) is 5.07. The van der Waals surface area contributed by atoms with Gasteiger partial charge in [0.25, 0.3) is 0 Å². The summed E-state index contributed by atoms with van der Waals surface area (Å²) in [7, 11) is 0. The first kappa shape index (κ1) is 21.2. The zero-order valence-electron chi connectivity index (χ0n) is 16.8. The molecule has 0 N–H and O–H groups in total. The molecule has 0 aliphatic carbocycles. The second kappa shape index (κ2) is 8.46. The first-order valence-corrected chi connectivity index (χ1v) is 10.4. The first-order chi connectivity index (χ1) is 13.7. The van der Waals surface area contributed by atoms with E-state index in [1.807, 2.05) is 68.4 Å².